The lowest BCUT2D eigenvalue weighted by Gasteiger charge is -2.21. The van der Waals surface area contributed by atoms with Crippen LogP contribution in [0.25, 0.3) is 0 Å². The molecule has 0 spiro atoms. The van der Waals surface area contributed by atoms with Gasteiger partial charge in [-0.2, -0.15) is 0 Å². The van der Waals surface area contributed by atoms with Crippen molar-refractivity contribution in [3.63, 3.8) is 0 Å². The fourth-order valence-corrected chi connectivity index (χ4v) is 2.55. The van der Waals surface area contributed by atoms with Crippen LogP contribution in [0.15, 0.2) is 27.8 Å². The van der Waals surface area contributed by atoms with Crippen LogP contribution in [0.1, 0.15) is 36.9 Å². The third-order valence-corrected chi connectivity index (χ3v) is 3.84. The molecular formula is C16H24ClN5O. The van der Waals surface area contributed by atoms with Gasteiger partial charge in [0.1, 0.15) is 0 Å². The summed E-state index contributed by atoms with van der Waals surface area (Å²) < 4.78 is 7.35. The molecule has 7 heteroatoms. The van der Waals surface area contributed by atoms with E-state index in [1.165, 1.54) is 0 Å². The molecule has 6 nitrogen and oxygen atoms in total. The lowest BCUT2D eigenvalue weighted by Crippen LogP contribution is -2.38. The molecule has 0 saturated carbocycles. The molecule has 2 heterocycles. The predicted molar refractivity (Wildman–Crippen MR) is 92.7 cm³/mol. The van der Waals surface area contributed by atoms with Crippen molar-refractivity contribution in [2.75, 3.05) is 14.1 Å². The minimum atomic E-state index is 0.358. The number of aromatic nitrogens is 2. The Bertz CT molecular complexity index is 674. The number of guanidine groups is 1. The molecule has 0 unspecified atom stereocenters. The molecule has 0 atom stereocenters. The Morgan fingerprint density at radius 2 is 2.22 bits per heavy atom. The number of nitrogens with one attached hydrogen (secondary N) is 1. The van der Waals surface area contributed by atoms with E-state index in [1.54, 1.807) is 7.05 Å². The molecule has 2 rings (SSSR count). The summed E-state index contributed by atoms with van der Waals surface area (Å²) in [6.07, 6.45) is 1.89. The maximum absolute atomic E-state index is 6.03. The molecule has 0 bridgehead atoms. The minimum absolute atomic E-state index is 0.358. The molecule has 126 valence electrons. The SMILES string of the molecule is CN=C(NCc1cc(C(C)C)no1)N(C)Cc1cc(Cl)cn1C. The van der Waals surface area contributed by atoms with Gasteiger partial charge >= 0.3 is 0 Å². The Kier molecular flexibility index (Phi) is 5.71. The molecule has 0 fully saturated rings. The van der Waals surface area contributed by atoms with E-state index >= 15 is 0 Å². The Morgan fingerprint density at radius 3 is 2.74 bits per heavy atom. The standard InChI is InChI=1S/C16H24ClN5O/c1-11(2)15-7-14(23-20-15)8-19-16(18-3)22(5)10-13-6-12(17)9-21(13)4/h6-7,9,11H,8,10H2,1-5H3,(H,18,19). The van der Waals surface area contributed by atoms with Gasteiger partial charge in [-0.25, -0.2) is 0 Å². The van der Waals surface area contributed by atoms with Gasteiger partial charge in [-0.1, -0.05) is 30.6 Å². The largest absolute Gasteiger partial charge is 0.359 e. The van der Waals surface area contributed by atoms with E-state index in [9.17, 15) is 0 Å². The zero-order valence-corrected chi connectivity index (χ0v) is 15.1. The molecule has 2 aromatic rings. The average molecular weight is 338 g/mol. The molecule has 0 aliphatic rings. The van der Waals surface area contributed by atoms with Gasteiger partial charge in [0.25, 0.3) is 0 Å². The highest BCUT2D eigenvalue weighted by atomic mass is 35.5. The lowest BCUT2D eigenvalue weighted by atomic mass is 10.1. The third-order valence-electron chi connectivity index (χ3n) is 3.64. The van der Waals surface area contributed by atoms with Crippen LogP contribution in [-0.4, -0.2) is 34.7 Å². The minimum Gasteiger partial charge on any atom is -0.359 e. The van der Waals surface area contributed by atoms with E-state index in [0.717, 1.165) is 28.1 Å². The maximum Gasteiger partial charge on any atom is 0.194 e. The summed E-state index contributed by atoms with van der Waals surface area (Å²) >= 11 is 6.03. The first kappa shape index (κ1) is 17.4. The monoisotopic (exact) mass is 337 g/mol. The van der Waals surface area contributed by atoms with Crippen LogP contribution in [0.4, 0.5) is 0 Å². The summed E-state index contributed by atoms with van der Waals surface area (Å²) in [5, 5.41) is 8.08. The quantitative estimate of drug-likeness (QED) is 0.673. The summed E-state index contributed by atoms with van der Waals surface area (Å²) in [5.41, 5.74) is 2.07. The summed E-state index contributed by atoms with van der Waals surface area (Å²) in [4.78, 5) is 6.34. The van der Waals surface area contributed by atoms with E-state index < -0.39 is 0 Å². The topological polar surface area (TPSA) is 58.6 Å². The zero-order chi connectivity index (χ0) is 17.0. The maximum atomic E-state index is 6.03. The summed E-state index contributed by atoms with van der Waals surface area (Å²) in [6.45, 7) is 5.43. The molecule has 0 aliphatic heterocycles. The van der Waals surface area contributed by atoms with Crippen LogP contribution >= 0.6 is 11.6 Å². The van der Waals surface area contributed by atoms with Gasteiger partial charge in [-0.3, -0.25) is 4.99 Å². The van der Waals surface area contributed by atoms with Crippen molar-refractivity contribution < 1.29 is 4.52 Å². The van der Waals surface area contributed by atoms with Crippen molar-refractivity contribution in [3.05, 3.63) is 40.5 Å². The zero-order valence-electron chi connectivity index (χ0n) is 14.3. The fraction of sp³-hybridized carbons (Fsp3) is 0.500. The van der Waals surface area contributed by atoms with Gasteiger partial charge in [0.05, 0.1) is 23.8 Å². The van der Waals surface area contributed by atoms with E-state index in [1.807, 2.05) is 41.9 Å². The van der Waals surface area contributed by atoms with Crippen molar-refractivity contribution in [2.45, 2.75) is 32.9 Å². The number of rotatable bonds is 5. The molecule has 0 aliphatic carbocycles. The van der Waals surface area contributed by atoms with Gasteiger partial charge in [-0.15, -0.1) is 0 Å². The Labute approximate surface area is 142 Å². The van der Waals surface area contributed by atoms with Gasteiger partial charge in [0.2, 0.25) is 0 Å². The number of hydrogen-bond donors (Lipinski definition) is 1. The van der Waals surface area contributed by atoms with Crippen LogP contribution in [0.5, 0.6) is 0 Å². The van der Waals surface area contributed by atoms with Crippen molar-refractivity contribution in [1.29, 1.82) is 0 Å². The van der Waals surface area contributed by atoms with Crippen LogP contribution in [-0.2, 0) is 20.1 Å². The number of halogens is 1. The molecular weight excluding hydrogens is 314 g/mol. The summed E-state index contributed by atoms with van der Waals surface area (Å²) in [7, 11) is 5.72. The lowest BCUT2D eigenvalue weighted by molar-refractivity contribution is 0.368. The normalized spacial score (nSPS) is 12.0. The highest BCUT2D eigenvalue weighted by Gasteiger charge is 2.12. The second-order valence-corrected chi connectivity index (χ2v) is 6.33. The Morgan fingerprint density at radius 1 is 1.48 bits per heavy atom. The summed E-state index contributed by atoms with van der Waals surface area (Å²) in [6, 6.07) is 3.93. The Balaban J connectivity index is 1.95. The smallest absolute Gasteiger partial charge is 0.194 e. The summed E-state index contributed by atoms with van der Waals surface area (Å²) in [5.74, 6) is 1.94. The number of hydrogen-bond acceptors (Lipinski definition) is 3. The molecule has 1 N–H and O–H groups in total. The van der Waals surface area contributed by atoms with Gasteiger partial charge in [0, 0.05) is 39.1 Å². The first-order chi connectivity index (χ1) is 10.9. The first-order valence-electron chi connectivity index (χ1n) is 7.58. The second-order valence-electron chi connectivity index (χ2n) is 5.89. The van der Waals surface area contributed by atoms with Gasteiger partial charge in [-0.05, 0) is 12.0 Å². The third kappa shape index (κ3) is 4.51. The van der Waals surface area contributed by atoms with Gasteiger partial charge in [0.15, 0.2) is 11.7 Å². The molecule has 0 saturated heterocycles. The number of aliphatic imine (C=N–C) groups is 1. The van der Waals surface area contributed by atoms with Crippen LogP contribution in [0.2, 0.25) is 5.02 Å². The van der Waals surface area contributed by atoms with Crippen LogP contribution in [0.3, 0.4) is 0 Å². The van der Waals surface area contributed by atoms with Crippen molar-refractivity contribution in [2.24, 2.45) is 12.0 Å². The van der Waals surface area contributed by atoms with Crippen LogP contribution in [0, 0.1) is 0 Å². The van der Waals surface area contributed by atoms with E-state index in [0.29, 0.717) is 19.0 Å². The van der Waals surface area contributed by atoms with E-state index in [4.69, 9.17) is 16.1 Å². The Hall–Kier alpha value is -1.95. The van der Waals surface area contributed by atoms with Crippen molar-refractivity contribution >= 4 is 17.6 Å². The molecule has 0 aromatic carbocycles. The first-order valence-corrected chi connectivity index (χ1v) is 7.96. The average Bonchev–Trinajstić information content (AvgIpc) is 3.07. The highest BCUT2D eigenvalue weighted by molar-refractivity contribution is 6.30. The highest BCUT2D eigenvalue weighted by Crippen LogP contribution is 2.15. The van der Waals surface area contributed by atoms with Crippen LogP contribution < -0.4 is 5.32 Å². The van der Waals surface area contributed by atoms with Crippen molar-refractivity contribution in [1.82, 2.24) is 19.9 Å². The van der Waals surface area contributed by atoms with E-state index in [2.05, 4.69) is 29.3 Å². The van der Waals surface area contributed by atoms with E-state index in [-0.39, 0.29) is 0 Å². The molecule has 0 amide bonds. The number of aryl methyl sites for hydroxylation is 1. The fourth-order valence-electron chi connectivity index (χ4n) is 2.28. The van der Waals surface area contributed by atoms with Gasteiger partial charge < -0.3 is 19.3 Å². The predicted octanol–water partition coefficient (Wildman–Crippen LogP) is 3.00. The molecule has 2 aromatic heterocycles. The molecule has 23 heavy (non-hydrogen) atoms. The number of nitrogens with zero attached hydrogens (tertiary/aromatic N) is 4. The molecule has 0 radical (unpaired) electrons. The van der Waals surface area contributed by atoms with Crippen molar-refractivity contribution in [3.8, 4) is 0 Å². The second kappa shape index (κ2) is 7.55.